The van der Waals surface area contributed by atoms with Crippen LogP contribution in [0.15, 0.2) is 57.8 Å². The topological polar surface area (TPSA) is 95.7 Å². The first-order valence-corrected chi connectivity index (χ1v) is 12.9. The van der Waals surface area contributed by atoms with E-state index in [1.165, 1.54) is 16.4 Å². The van der Waals surface area contributed by atoms with Gasteiger partial charge in [0.15, 0.2) is 5.58 Å². The van der Waals surface area contributed by atoms with Crippen LogP contribution >= 0.6 is 0 Å². The van der Waals surface area contributed by atoms with Crippen LogP contribution < -0.4 is 10.2 Å². The molecular weight excluding hydrogens is 440 g/mol. The monoisotopic (exact) mass is 468 g/mol. The Labute approximate surface area is 193 Å². The number of nitrogens with zero attached hydrogens (tertiary/aromatic N) is 3. The Balaban J connectivity index is 1.12. The van der Waals surface area contributed by atoms with Crippen LogP contribution in [0, 0.1) is 5.92 Å². The Morgan fingerprint density at radius 1 is 1.00 bits per heavy atom. The fourth-order valence-electron chi connectivity index (χ4n) is 4.52. The maximum absolute atomic E-state index is 12.6. The summed E-state index contributed by atoms with van der Waals surface area (Å²) in [6, 6.07) is 14.6. The van der Waals surface area contributed by atoms with Crippen molar-refractivity contribution in [3.8, 4) is 0 Å². The highest BCUT2D eigenvalue weighted by Gasteiger charge is 2.27. The van der Waals surface area contributed by atoms with E-state index >= 15 is 0 Å². The minimum absolute atomic E-state index is 0.179. The largest absolute Gasteiger partial charge is 0.423 e. The van der Waals surface area contributed by atoms with Gasteiger partial charge in [-0.15, -0.1) is 0 Å². The summed E-state index contributed by atoms with van der Waals surface area (Å²) in [6.07, 6.45) is 3.67. The van der Waals surface area contributed by atoms with Gasteiger partial charge >= 0.3 is 0 Å². The van der Waals surface area contributed by atoms with E-state index in [2.05, 4.69) is 15.2 Å². The fraction of sp³-hybridized carbons (Fsp3) is 0.417. The van der Waals surface area contributed by atoms with Gasteiger partial charge in [0.2, 0.25) is 10.0 Å². The number of carbonyl (C=O) groups excluding carboxylic acids is 1. The Kier molecular flexibility index (Phi) is 6.07. The number of carbonyl (C=O) groups is 1. The molecule has 3 heterocycles. The molecule has 174 valence electrons. The van der Waals surface area contributed by atoms with Gasteiger partial charge in [-0.2, -0.15) is 9.29 Å². The van der Waals surface area contributed by atoms with Gasteiger partial charge in [-0.05, 0) is 68.0 Å². The molecule has 3 aromatic rings. The number of anilines is 1. The highest BCUT2D eigenvalue weighted by Crippen LogP contribution is 2.26. The van der Waals surface area contributed by atoms with Gasteiger partial charge in [0, 0.05) is 38.3 Å². The molecule has 9 heteroatoms. The summed E-state index contributed by atoms with van der Waals surface area (Å²) in [5, 5.41) is 3.00. The number of nitrogens with one attached hydrogen (secondary N) is 1. The maximum Gasteiger partial charge on any atom is 0.298 e. The summed E-state index contributed by atoms with van der Waals surface area (Å²) in [7, 11) is -3.46. The summed E-state index contributed by atoms with van der Waals surface area (Å²) in [6.45, 7) is 3.38. The van der Waals surface area contributed by atoms with Crippen molar-refractivity contribution < 1.29 is 17.6 Å². The molecular formula is C24H28N4O4S. The van der Waals surface area contributed by atoms with Crippen LogP contribution in [0.2, 0.25) is 0 Å². The second-order valence-electron chi connectivity index (χ2n) is 8.74. The molecule has 0 saturated carbocycles. The number of amides is 1. The number of sulfonamides is 1. The second kappa shape index (κ2) is 9.15. The number of hydrogen-bond donors (Lipinski definition) is 1. The number of oxazole rings is 1. The van der Waals surface area contributed by atoms with E-state index in [0.29, 0.717) is 37.1 Å². The van der Waals surface area contributed by atoms with Gasteiger partial charge < -0.3 is 14.6 Å². The average Bonchev–Trinajstić information content (AvgIpc) is 3.54. The number of para-hydroxylation sites is 2. The van der Waals surface area contributed by atoms with Crippen molar-refractivity contribution in [2.24, 2.45) is 5.92 Å². The van der Waals surface area contributed by atoms with Gasteiger partial charge in [-0.3, -0.25) is 4.79 Å². The molecule has 0 spiro atoms. The fourth-order valence-corrected chi connectivity index (χ4v) is 6.04. The molecule has 1 aromatic heterocycles. The maximum atomic E-state index is 12.6. The van der Waals surface area contributed by atoms with E-state index in [1.54, 1.807) is 12.1 Å². The van der Waals surface area contributed by atoms with Crippen LogP contribution in [-0.4, -0.2) is 56.3 Å². The minimum atomic E-state index is -3.46. The third kappa shape index (κ3) is 4.60. The quantitative estimate of drug-likeness (QED) is 0.597. The smallest absolute Gasteiger partial charge is 0.298 e. The number of aromatic nitrogens is 1. The van der Waals surface area contributed by atoms with Gasteiger partial charge in [-0.25, -0.2) is 8.42 Å². The molecule has 0 aliphatic carbocycles. The summed E-state index contributed by atoms with van der Waals surface area (Å²) >= 11 is 0. The molecule has 2 aliphatic rings. The number of rotatable bonds is 6. The van der Waals surface area contributed by atoms with Crippen molar-refractivity contribution in [2.75, 3.05) is 37.6 Å². The summed E-state index contributed by atoms with van der Waals surface area (Å²) in [5.41, 5.74) is 2.13. The SMILES string of the molecule is O=C(NCC1CCN(c2nc3ccccc3o2)CC1)c1ccc(S(=O)(=O)N2CCCC2)cc1. The molecule has 8 nitrogen and oxygen atoms in total. The lowest BCUT2D eigenvalue weighted by Crippen LogP contribution is -2.38. The van der Waals surface area contributed by atoms with Crippen LogP contribution in [0.4, 0.5) is 6.01 Å². The van der Waals surface area contributed by atoms with E-state index < -0.39 is 10.0 Å². The minimum Gasteiger partial charge on any atom is -0.423 e. The summed E-state index contributed by atoms with van der Waals surface area (Å²) < 4.78 is 32.6. The molecule has 2 fully saturated rings. The van der Waals surface area contributed by atoms with Gasteiger partial charge in [0.1, 0.15) is 5.52 Å². The van der Waals surface area contributed by atoms with Gasteiger partial charge in [0.05, 0.1) is 4.90 Å². The van der Waals surface area contributed by atoms with Crippen LogP contribution in [-0.2, 0) is 10.0 Å². The highest BCUT2D eigenvalue weighted by atomic mass is 32.2. The zero-order valence-corrected chi connectivity index (χ0v) is 19.3. The predicted octanol–water partition coefficient (Wildman–Crippen LogP) is 3.26. The Morgan fingerprint density at radius 3 is 2.39 bits per heavy atom. The first kappa shape index (κ1) is 21.9. The third-order valence-corrected chi connectivity index (χ3v) is 8.45. The van der Waals surface area contributed by atoms with E-state index in [9.17, 15) is 13.2 Å². The van der Waals surface area contributed by atoms with E-state index in [-0.39, 0.29) is 10.8 Å². The van der Waals surface area contributed by atoms with Crippen molar-refractivity contribution in [2.45, 2.75) is 30.6 Å². The zero-order chi connectivity index (χ0) is 22.8. The molecule has 1 amide bonds. The number of fused-ring (bicyclic) bond motifs is 1. The zero-order valence-electron chi connectivity index (χ0n) is 18.4. The number of piperidine rings is 1. The first-order valence-electron chi connectivity index (χ1n) is 11.5. The Morgan fingerprint density at radius 2 is 1.70 bits per heavy atom. The molecule has 0 radical (unpaired) electrons. The molecule has 2 aliphatic heterocycles. The van der Waals surface area contributed by atoms with E-state index in [0.717, 1.165) is 49.9 Å². The van der Waals surface area contributed by atoms with Crippen molar-refractivity contribution >= 4 is 33.0 Å². The van der Waals surface area contributed by atoms with E-state index in [1.807, 2.05) is 24.3 Å². The summed E-state index contributed by atoms with van der Waals surface area (Å²) in [4.78, 5) is 19.5. The van der Waals surface area contributed by atoms with Crippen LogP contribution in [0.3, 0.4) is 0 Å². The molecule has 2 aromatic carbocycles. The number of benzene rings is 2. The standard InChI is InChI=1S/C24H28N4O4S/c29-23(19-7-9-20(10-8-19)33(30,31)28-13-3-4-14-28)25-17-18-11-15-27(16-12-18)24-26-21-5-1-2-6-22(21)32-24/h1-2,5-10,18H,3-4,11-17H2,(H,25,29). The lowest BCUT2D eigenvalue weighted by molar-refractivity contribution is 0.0944. The van der Waals surface area contributed by atoms with Crippen LogP contribution in [0.25, 0.3) is 11.1 Å². The van der Waals surface area contributed by atoms with Gasteiger partial charge in [0.25, 0.3) is 11.9 Å². The normalized spacial score (nSPS) is 18.1. The molecule has 33 heavy (non-hydrogen) atoms. The first-order chi connectivity index (χ1) is 16.0. The lowest BCUT2D eigenvalue weighted by atomic mass is 9.97. The van der Waals surface area contributed by atoms with Crippen molar-refractivity contribution in [1.82, 2.24) is 14.6 Å². The van der Waals surface area contributed by atoms with Crippen molar-refractivity contribution in [3.63, 3.8) is 0 Å². The molecule has 2 saturated heterocycles. The Hall–Kier alpha value is -2.91. The average molecular weight is 469 g/mol. The molecule has 5 rings (SSSR count). The van der Waals surface area contributed by atoms with Crippen LogP contribution in [0.1, 0.15) is 36.0 Å². The summed E-state index contributed by atoms with van der Waals surface area (Å²) in [5.74, 6) is 0.200. The second-order valence-corrected chi connectivity index (χ2v) is 10.7. The Bertz CT molecular complexity index is 1190. The molecule has 0 atom stereocenters. The lowest BCUT2D eigenvalue weighted by Gasteiger charge is -2.30. The van der Waals surface area contributed by atoms with Gasteiger partial charge in [-0.1, -0.05) is 12.1 Å². The molecule has 1 N–H and O–H groups in total. The predicted molar refractivity (Wildman–Crippen MR) is 126 cm³/mol. The van der Waals surface area contributed by atoms with Crippen molar-refractivity contribution in [3.05, 3.63) is 54.1 Å². The van der Waals surface area contributed by atoms with Crippen LogP contribution in [0.5, 0.6) is 0 Å². The third-order valence-electron chi connectivity index (χ3n) is 6.54. The van der Waals surface area contributed by atoms with E-state index in [4.69, 9.17) is 4.42 Å². The molecule has 0 bridgehead atoms. The van der Waals surface area contributed by atoms with Crippen molar-refractivity contribution in [1.29, 1.82) is 0 Å². The highest BCUT2D eigenvalue weighted by molar-refractivity contribution is 7.89. The molecule has 0 unspecified atom stereocenters. The number of hydrogen-bond acceptors (Lipinski definition) is 6.